The van der Waals surface area contributed by atoms with Crippen molar-refractivity contribution >= 4 is 17.1 Å². The molecule has 0 saturated carbocycles. The molecule has 0 spiro atoms. The summed E-state index contributed by atoms with van der Waals surface area (Å²) in [5.74, 6) is -0.712. The summed E-state index contributed by atoms with van der Waals surface area (Å²) in [5, 5.41) is 19.4. The number of ketones is 1. The third-order valence-electron chi connectivity index (χ3n) is 5.48. The number of aryl methyl sites for hydroxylation is 1. The zero-order valence-electron chi connectivity index (χ0n) is 16.5. The van der Waals surface area contributed by atoms with E-state index in [2.05, 4.69) is 6.07 Å². The predicted octanol–water partition coefficient (Wildman–Crippen LogP) is 4.21. The van der Waals surface area contributed by atoms with E-state index in [1.54, 1.807) is 23.5 Å². The van der Waals surface area contributed by atoms with E-state index in [1.807, 2.05) is 31.2 Å². The van der Waals surface area contributed by atoms with Crippen LogP contribution in [0.5, 0.6) is 0 Å². The number of aliphatic hydroxyl groups excluding tert-OH is 2. The van der Waals surface area contributed by atoms with Crippen LogP contribution in [0.15, 0.2) is 54.6 Å². The summed E-state index contributed by atoms with van der Waals surface area (Å²) in [7, 11) is 0. The summed E-state index contributed by atoms with van der Waals surface area (Å²) in [6.45, 7) is 1.61. The maximum atomic E-state index is 13.2. The monoisotopic (exact) mass is 426 g/mol. The lowest BCUT2D eigenvalue weighted by Gasteiger charge is -2.31. The van der Waals surface area contributed by atoms with Crippen LogP contribution in [0, 0.1) is 12.7 Å². The number of ether oxygens (including phenoxy) is 1. The van der Waals surface area contributed by atoms with Gasteiger partial charge in [0.15, 0.2) is 5.78 Å². The Bertz CT molecular complexity index is 1040. The van der Waals surface area contributed by atoms with Crippen LogP contribution in [0.1, 0.15) is 34.1 Å². The van der Waals surface area contributed by atoms with Crippen molar-refractivity contribution in [3.63, 3.8) is 0 Å². The van der Waals surface area contributed by atoms with Crippen LogP contribution in [0.2, 0.25) is 0 Å². The van der Waals surface area contributed by atoms with Crippen LogP contribution >= 0.6 is 11.3 Å². The fraction of sp³-hybridized carbons (Fsp3) is 0.292. The Morgan fingerprint density at radius 3 is 2.63 bits per heavy atom. The molecular formula is C24H23FO4S. The Morgan fingerprint density at radius 1 is 1.13 bits per heavy atom. The first-order chi connectivity index (χ1) is 14.4. The lowest BCUT2D eigenvalue weighted by Crippen LogP contribution is -2.43. The van der Waals surface area contributed by atoms with Crippen LogP contribution in [-0.2, 0) is 16.0 Å². The summed E-state index contributed by atoms with van der Waals surface area (Å²) in [6, 6.07) is 16.6. The maximum absolute atomic E-state index is 13.2. The third kappa shape index (κ3) is 4.37. The van der Waals surface area contributed by atoms with Crippen molar-refractivity contribution in [1.82, 2.24) is 0 Å². The zero-order chi connectivity index (χ0) is 21.3. The van der Waals surface area contributed by atoms with Crippen molar-refractivity contribution in [2.45, 2.75) is 38.1 Å². The summed E-state index contributed by atoms with van der Waals surface area (Å²) in [6.07, 6.45) is -1.62. The van der Waals surface area contributed by atoms with E-state index in [1.165, 1.54) is 17.0 Å². The van der Waals surface area contributed by atoms with Crippen molar-refractivity contribution in [1.29, 1.82) is 0 Å². The molecule has 6 heteroatoms. The van der Waals surface area contributed by atoms with E-state index in [0.717, 1.165) is 33.6 Å². The number of rotatable bonds is 5. The largest absolute Gasteiger partial charge is 0.393 e. The Labute approximate surface area is 178 Å². The fourth-order valence-corrected chi connectivity index (χ4v) is 4.75. The van der Waals surface area contributed by atoms with Gasteiger partial charge in [-0.2, -0.15) is 0 Å². The number of carbonyl (C=O) groups excluding carboxylic acids is 1. The molecule has 0 bridgehead atoms. The molecule has 2 N–H and O–H groups in total. The maximum Gasteiger partial charge on any atom is 0.192 e. The third-order valence-corrected chi connectivity index (χ3v) is 6.61. The number of hydrogen-bond donors (Lipinski definition) is 2. The van der Waals surface area contributed by atoms with Gasteiger partial charge in [-0.25, -0.2) is 4.39 Å². The lowest BCUT2D eigenvalue weighted by atomic mass is 9.92. The summed E-state index contributed by atoms with van der Waals surface area (Å²) in [4.78, 5) is 14.1. The predicted molar refractivity (Wildman–Crippen MR) is 114 cm³/mol. The first kappa shape index (κ1) is 20.9. The number of carbonyl (C=O) groups is 1. The minimum absolute atomic E-state index is 0.186. The average molecular weight is 427 g/mol. The quantitative estimate of drug-likeness (QED) is 0.642. The Kier molecular flexibility index (Phi) is 6.11. The van der Waals surface area contributed by atoms with Gasteiger partial charge in [0.1, 0.15) is 18.0 Å². The molecule has 2 aromatic carbocycles. The number of thiophene rings is 1. The van der Waals surface area contributed by atoms with Crippen LogP contribution in [0.4, 0.5) is 4.39 Å². The second-order valence-corrected chi connectivity index (χ2v) is 8.75. The summed E-state index contributed by atoms with van der Waals surface area (Å²) < 4.78 is 18.9. The number of benzene rings is 2. The summed E-state index contributed by atoms with van der Waals surface area (Å²) >= 11 is 1.67. The highest BCUT2D eigenvalue weighted by Crippen LogP contribution is 2.33. The van der Waals surface area contributed by atoms with Crippen molar-refractivity contribution in [3.05, 3.63) is 82.0 Å². The van der Waals surface area contributed by atoms with E-state index >= 15 is 0 Å². The molecule has 3 atom stereocenters. The van der Waals surface area contributed by atoms with Gasteiger partial charge >= 0.3 is 0 Å². The molecule has 2 heterocycles. The van der Waals surface area contributed by atoms with Gasteiger partial charge in [-0.3, -0.25) is 4.79 Å². The molecule has 4 rings (SSSR count). The van der Waals surface area contributed by atoms with Gasteiger partial charge in [0.05, 0.1) is 12.7 Å². The molecule has 0 amide bonds. The minimum atomic E-state index is -1.12. The second-order valence-electron chi connectivity index (χ2n) is 7.59. The molecule has 1 aliphatic heterocycles. The molecular weight excluding hydrogens is 403 g/mol. The van der Waals surface area contributed by atoms with Gasteiger partial charge in [0.25, 0.3) is 0 Å². The highest BCUT2D eigenvalue weighted by molar-refractivity contribution is 7.15. The van der Waals surface area contributed by atoms with Crippen LogP contribution < -0.4 is 0 Å². The van der Waals surface area contributed by atoms with E-state index in [9.17, 15) is 19.4 Å². The van der Waals surface area contributed by atoms with E-state index in [4.69, 9.17) is 4.74 Å². The topological polar surface area (TPSA) is 66.8 Å². The Balaban J connectivity index is 1.54. The van der Waals surface area contributed by atoms with Crippen molar-refractivity contribution in [2.75, 3.05) is 6.61 Å². The smallest absolute Gasteiger partial charge is 0.192 e. The highest BCUT2D eigenvalue weighted by atomic mass is 32.1. The SMILES string of the molecule is Cc1ccc([C@H]2C[C@@H](O)C(=O)[C@@H](CO)O2)cc1Cc1ccc(-c2ccc(F)cc2)s1. The van der Waals surface area contributed by atoms with Gasteiger partial charge in [-0.15, -0.1) is 11.3 Å². The average Bonchev–Trinajstić information content (AvgIpc) is 3.20. The van der Waals surface area contributed by atoms with Gasteiger partial charge in [-0.05, 0) is 53.4 Å². The van der Waals surface area contributed by atoms with E-state index in [0.29, 0.717) is 0 Å². The second kappa shape index (κ2) is 8.78. The minimum Gasteiger partial charge on any atom is -0.393 e. The van der Waals surface area contributed by atoms with Crippen LogP contribution in [0.3, 0.4) is 0 Å². The normalized spacial score (nSPS) is 21.7. The first-order valence-electron chi connectivity index (χ1n) is 9.87. The molecule has 1 aliphatic rings. The molecule has 0 aliphatic carbocycles. The molecule has 30 heavy (non-hydrogen) atoms. The molecule has 1 saturated heterocycles. The number of aliphatic hydroxyl groups is 2. The van der Waals surface area contributed by atoms with E-state index in [-0.39, 0.29) is 12.2 Å². The molecule has 0 radical (unpaired) electrons. The van der Waals surface area contributed by atoms with E-state index < -0.39 is 30.7 Å². The number of hydrogen-bond acceptors (Lipinski definition) is 5. The molecule has 0 unspecified atom stereocenters. The van der Waals surface area contributed by atoms with Gasteiger partial charge in [-0.1, -0.05) is 30.3 Å². The molecule has 156 valence electrons. The van der Waals surface area contributed by atoms with Gasteiger partial charge < -0.3 is 14.9 Å². The molecule has 4 nitrogen and oxygen atoms in total. The highest BCUT2D eigenvalue weighted by Gasteiger charge is 2.36. The molecule has 3 aromatic rings. The molecule has 1 fully saturated rings. The molecule has 1 aromatic heterocycles. The number of halogens is 1. The van der Waals surface area contributed by atoms with Gasteiger partial charge in [0, 0.05) is 22.6 Å². The fourth-order valence-electron chi connectivity index (χ4n) is 3.71. The standard InChI is InChI=1S/C24H23FO4S/c1-14-2-3-16(21-12-20(27)24(28)22(13-26)29-21)10-17(14)11-19-8-9-23(30-19)15-4-6-18(25)7-5-15/h2-10,20-22,26-27H,11-13H2,1H3/t20-,21-,22-/m1/s1. The number of Topliss-reactive ketones (excluding diaryl/α,β-unsaturated/α-hetero) is 1. The zero-order valence-corrected chi connectivity index (χ0v) is 17.4. The van der Waals surface area contributed by atoms with Gasteiger partial charge in [0.2, 0.25) is 0 Å². The Hall–Kier alpha value is -2.38. The van der Waals surface area contributed by atoms with Crippen molar-refractivity contribution in [2.24, 2.45) is 0 Å². The first-order valence-corrected chi connectivity index (χ1v) is 10.7. The lowest BCUT2D eigenvalue weighted by molar-refractivity contribution is -0.161. The van der Waals surface area contributed by atoms with Crippen molar-refractivity contribution < 1.29 is 24.1 Å². The van der Waals surface area contributed by atoms with Crippen molar-refractivity contribution in [3.8, 4) is 10.4 Å². The van der Waals surface area contributed by atoms with Crippen LogP contribution in [0.25, 0.3) is 10.4 Å². The summed E-state index contributed by atoms with van der Waals surface area (Å²) in [5.41, 5.74) is 4.15. The van der Waals surface area contributed by atoms with Crippen LogP contribution in [-0.4, -0.2) is 34.8 Å². The Morgan fingerprint density at radius 2 is 1.90 bits per heavy atom.